The molecule has 0 aromatic heterocycles. The highest BCUT2D eigenvalue weighted by Crippen LogP contribution is 2.31. The second-order valence-electron chi connectivity index (χ2n) is 4.44. The molecule has 2 aromatic rings. The Kier molecular flexibility index (Phi) is 4.67. The van der Waals surface area contributed by atoms with E-state index < -0.39 is 21.7 Å². The molecule has 122 valence electrons. The van der Waals surface area contributed by atoms with E-state index in [9.17, 15) is 18.3 Å². The van der Waals surface area contributed by atoms with Gasteiger partial charge in [0.05, 0.1) is 18.4 Å². The largest absolute Gasteiger partial charge is 0.506 e. The molecule has 0 aliphatic rings. The van der Waals surface area contributed by atoms with Crippen LogP contribution in [0.15, 0.2) is 41.3 Å². The molecule has 23 heavy (non-hydrogen) atoms. The van der Waals surface area contributed by atoms with Gasteiger partial charge in [-0.05, 0) is 36.4 Å². The van der Waals surface area contributed by atoms with Gasteiger partial charge in [-0.2, -0.15) is 0 Å². The summed E-state index contributed by atoms with van der Waals surface area (Å²) in [7, 11) is -2.86. The number of phenols is 1. The number of methoxy groups -OCH3 is 1. The Morgan fingerprint density at radius 2 is 1.91 bits per heavy atom. The monoisotopic (exact) mass is 357 g/mol. The summed E-state index contributed by atoms with van der Waals surface area (Å²) >= 11 is 5.81. The third-order valence-electron chi connectivity index (χ3n) is 2.90. The Balaban J connectivity index is 2.49. The fourth-order valence-electron chi connectivity index (χ4n) is 1.81. The van der Waals surface area contributed by atoms with E-state index >= 15 is 0 Å². The van der Waals surface area contributed by atoms with E-state index in [1.807, 2.05) is 0 Å². The molecular formula is C14H12ClNO6S. The number of hydrogen-bond donors (Lipinski definition) is 3. The van der Waals surface area contributed by atoms with Crippen LogP contribution in [0.25, 0.3) is 0 Å². The molecule has 0 saturated carbocycles. The maximum absolute atomic E-state index is 12.5. The van der Waals surface area contributed by atoms with Crippen molar-refractivity contribution >= 4 is 33.3 Å². The Morgan fingerprint density at radius 1 is 1.22 bits per heavy atom. The van der Waals surface area contributed by atoms with E-state index in [2.05, 4.69) is 4.72 Å². The molecule has 2 aromatic carbocycles. The maximum atomic E-state index is 12.5. The molecule has 0 spiro atoms. The van der Waals surface area contributed by atoms with Crippen molar-refractivity contribution in [1.29, 1.82) is 0 Å². The minimum Gasteiger partial charge on any atom is -0.506 e. The van der Waals surface area contributed by atoms with Gasteiger partial charge >= 0.3 is 5.97 Å². The lowest BCUT2D eigenvalue weighted by molar-refractivity contribution is 0.0697. The number of halogens is 1. The highest BCUT2D eigenvalue weighted by molar-refractivity contribution is 7.92. The van der Waals surface area contributed by atoms with Gasteiger partial charge in [0.15, 0.2) is 0 Å². The lowest BCUT2D eigenvalue weighted by Crippen LogP contribution is -2.14. The van der Waals surface area contributed by atoms with Gasteiger partial charge in [0.1, 0.15) is 16.4 Å². The Labute approximate surface area is 137 Å². The van der Waals surface area contributed by atoms with Crippen LogP contribution in [-0.2, 0) is 10.0 Å². The number of carboxylic acid groups (broad SMARTS) is 1. The normalized spacial score (nSPS) is 11.0. The number of ether oxygens (including phenoxy) is 1. The predicted octanol–water partition coefficient (Wildman–Crippen LogP) is 2.55. The number of benzene rings is 2. The fraction of sp³-hybridized carbons (Fsp3) is 0.0714. The molecule has 0 radical (unpaired) electrons. The zero-order valence-electron chi connectivity index (χ0n) is 11.8. The van der Waals surface area contributed by atoms with Crippen LogP contribution in [0.3, 0.4) is 0 Å². The topological polar surface area (TPSA) is 113 Å². The van der Waals surface area contributed by atoms with Crippen molar-refractivity contribution in [3.05, 3.63) is 47.0 Å². The number of anilines is 1. The second-order valence-corrected chi connectivity index (χ2v) is 6.53. The summed E-state index contributed by atoms with van der Waals surface area (Å²) in [6, 6.07) is 7.26. The van der Waals surface area contributed by atoms with E-state index in [1.165, 1.54) is 25.3 Å². The first-order valence-electron chi connectivity index (χ1n) is 6.17. The van der Waals surface area contributed by atoms with Crippen LogP contribution >= 0.6 is 11.6 Å². The van der Waals surface area contributed by atoms with Crippen LogP contribution in [0.2, 0.25) is 5.02 Å². The lowest BCUT2D eigenvalue weighted by Gasteiger charge is -2.13. The van der Waals surface area contributed by atoms with Gasteiger partial charge in [0.25, 0.3) is 10.0 Å². The number of aromatic carboxylic acids is 1. The average Bonchev–Trinajstić information content (AvgIpc) is 2.49. The van der Waals surface area contributed by atoms with Crippen LogP contribution < -0.4 is 9.46 Å². The summed E-state index contributed by atoms with van der Waals surface area (Å²) in [4.78, 5) is 10.7. The van der Waals surface area contributed by atoms with Crippen molar-refractivity contribution in [3.63, 3.8) is 0 Å². The summed E-state index contributed by atoms with van der Waals surface area (Å²) < 4.78 is 32.0. The SMILES string of the molecule is COc1ccc(Cl)cc1S(=O)(=O)Nc1cc(C(=O)O)ccc1O. The van der Waals surface area contributed by atoms with Crippen LogP contribution in [0.5, 0.6) is 11.5 Å². The number of aromatic hydroxyl groups is 1. The molecule has 0 bridgehead atoms. The number of phenolic OH excluding ortho intramolecular Hbond substituents is 1. The Bertz CT molecular complexity index is 866. The highest BCUT2D eigenvalue weighted by Gasteiger charge is 2.22. The summed E-state index contributed by atoms with van der Waals surface area (Å²) in [5.74, 6) is -1.62. The molecule has 0 unspecified atom stereocenters. The van der Waals surface area contributed by atoms with Gasteiger partial charge in [0, 0.05) is 5.02 Å². The van der Waals surface area contributed by atoms with Crippen molar-refractivity contribution in [2.75, 3.05) is 11.8 Å². The molecule has 0 aliphatic carbocycles. The Hall–Kier alpha value is -2.45. The molecule has 0 fully saturated rings. The number of nitrogens with one attached hydrogen (secondary N) is 1. The minimum absolute atomic E-state index is 0.0516. The van der Waals surface area contributed by atoms with Crippen LogP contribution in [0.4, 0.5) is 5.69 Å². The van der Waals surface area contributed by atoms with Gasteiger partial charge in [0.2, 0.25) is 0 Å². The molecule has 9 heteroatoms. The molecule has 0 saturated heterocycles. The number of carbonyl (C=O) groups is 1. The van der Waals surface area contributed by atoms with Gasteiger partial charge in [-0.3, -0.25) is 4.72 Å². The van der Waals surface area contributed by atoms with Gasteiger partial charge < -0.3 is 14.9 Å². The molecule has 0 heterocycles. The van der Waals surface area contributed by atoms with Gasteiger partial charge in [-0.1, -0.05) is 11.6 Å². The Morgan fingerprint density at radius 3 is 2.52 bits per heavy atom. The number of hydrogen-bond acceptors (Lipinski definition) is 5. The van der Waals surface area contributed by atoms with Gasteiger partial charge in [-0.15, -0.1) is 0 Å². The van der Waals surface area contributed by atoms with E-state index in [-0.39, 0.29) is 26.9 Å². The maximum Gasteiger partial charge on any atom is 0.335 e. The zero-order valence-corrected chi connectivity index (χ0v) is 13.4. The predicted molar refractivity (Wildman–Crippen MR) is 83.9 cm³/mol. The van der Waals surface area contributed by atoms with Crippen molar-refractivity contribution in [1.82, 2.24) is 0 Å². The third-order valence-corrected chi connectivity index (χ3v) is 4.52. The number of rotatable bonds is 5. The van der Waals surface area contributed by atoms with Crippen LogP contribution in [0, 0.1) is 0 Å². The van der Waals surface area contributed by atoms with E-state index in [0.717, 1.165) is 18.2 Å². The number of sulfonamides is 1. The zero-order chi connectivity index (χ0) is 17.2. The van der Waals surface area contributed by atoms with E-state index in [1.54, 1.807) is 0 Å². The summed E-state index contributed by atoms with van der Waals surface area (Å²) in [5, 5.41) is 18.8. The smallest absolute Gasteiger partial charge is 0.335 e. The molecule has 0 amide bonds. The molecule has 0 atom stereocenters. The summed E-state index contributed by atoms with van der Waals surface area (Å²) in [6.07, 6.45) is 0. The fourth-order valence-corrected chi connectivity index (χ4v) is 3.31. The van der Waals surface area contributed by atoms with Crippen LogP contribution in [-0.4, -0.2) is 31.7 Å². The first-order chi connectivity index (χ1) is 10.7. The van der Waals surface area contributed by atoms with E-state index in [4.69, 9.17) is 21.4 Å². The first kappa shape index (κ1) is 16.9. The van der Waals surface area contributed by atoms with Crippen molar-refractivity contribution in [3.8, 4) is 11.5 Å². The second kappa shape index (κ2) is 6.35. The quantitative estimate of drug-likeness (QED) is 0.709. The highest BCUT2D eigenvalue weighted by atomic mass is 35.5. The summed E-state index contributed by atoms with van der Waals surface area (Å²) in [6.45, 7) is 0. The number of carboxylic acids is 1. The van der Waals surface area contributed by atoms with Crippen molar-refractivity contribution < 1.29 is 28.2 Å². The lowest BCUT2D eigenvalue weighted by atomic mass is 10.2. The van der Waals surface area contributed by atoms with Crippen molar-refractivity contribution in [2.45, 2.75) is 4.90 Å². The van der Waals surface area contributed by atoms with Crippen LogP contribution in [0.1, 0.15) is 10.4 Å². The molecule has 7 nitrogen and oxygen atoms in total. The standard InChI is InChI=1S/C14H12ClNO6S/c1-22-12-5-3-9(15)7-13(12)23(20,21)16-10-6-8(14(18)19)2-4-11(10)17/h2-7,16-17H,1H3,(H,18,19). The summed E-state index contributed by atoms with van der Waals surface area (Å²) in [5.41, 5.74) is -0.453. The molecule has 3 N–H and O–H groups in total. The van der Waals surface area contributed by atoms with Crippen molar-refractivity contribution in [2.24, 2.45) is 0 Å². The molecule has 2 rings (SSSR count). The third kappa shape index (κ3) is 3.66. The average molecular weight is 358 g/mol. The van der Waals surface area contributed by atoms with Gasteiger partial charge in [-0.25, -0.2) is 13.2 Å². The first-order valence-corrected chi connectivity index (χ1v) is 8.03. The van der Waals surface area contributed by atoms with E-state index in [0.29, 0.717) is 0 Å². The molecule has 0 aliphatic heterocycles. The minimum atomic E-state index is -4.16. The molecular weight excluding hydrogens is 346 g/mol.